The maximum atomic E-state index is 12.9. The first kappa shape index (κ1) is 20.3. The zero-order chi connectivity index (χ0) is 20.8. The fraction of sp³-hybridized carbons (Fsp3) is 0.737. The molecule has 0 aromatic carbocycles. The summed E-state index contributed by atoms with van der Waals surface area (Å²) in [4.78, 5) is 28.9. The molecule has 0 spiro atoms. The van der Waals surface area contributed by atoms with Crippen molar-refractivity contribution in [3.8, 4) is 0 Å². The van der Waals surface area contributed by atoms with Crippen LogP contribution in [0.4, 0.5) is 0 Å². The molecule has 29 heavy (non-hydrogen) atoms. The molecule has 2 amide bonds. The van der Waals surface area contributed by atoms with Crippen LogP contribution in [0.15, 0.2) is 9.42 Å². The lowest BCUT2D eigenvalue weighted by Crippen LogP contribution is -2.53. The second kappa shape index (κ2) is 7.71. The van der Waals surface area contributed by atoms with Gasteiger partial charge in [0.15, 0.2) is 5.76 Å². The van der Waals surface area contributed by atoms with Gasteiger partial charge in [-0.2, -0.15) is 4.31 Å². The van der Waals surface area contributed by atoms with Gasteiger partial charge in [-0.3, -0.25) is 9.59 Å². The van der Waals surface area contributed by atoms with Crippen molar-refractivity contribution in [1.82, 2.24) is 19.3 Å². The summed E-state index contributed by atoms with van der Waals surface area (Å²) in [7, 11) is -3.68. The van der Waals surface area contributed by atoms with E-state index in [0.717, 1.165) is 12.8 Å². The van der Waals surface area contributed by atoms with Crippen LogP contribution in [-0.4, -0.2) is 78.8 Å². The van der Waals surface area contributed by atoms with Gasteiger partial charge >= 0.3 is 0 Å². The van der Waals surface area contributed by atoms with Gasteiger partial charge in [0.2, 0.25) is 21.8 Å². The number of rotatable bonds is 4. The summed E-state index contributed by atoms with van der Waals surface area (Å²) >= 11 is 0. The second-order valence-corrected chi connectivity index (χ2v) is 10.1. The molecule has 0 bridgehead atoms. The Morgan fingerprint density at radius 2 is 1.38 bits per heavy atom. The molecule has 1 saturated carbocycles. The summed E-state index contributed by atoms with van der Waals surface area (Å²) in [5.74, 6) is 0.749. The van der Waals surface area contributed by atoms with E-state index in [1.165, 1.54) is 4.31 Å². The molecular formula is C19H28N4O5S. The van der Waals surface area contributed by atoms with Gasteiger partial charge in [0, 0.05) is 51.1 Å². The summed E-state index contributed by atoms with van der Waals surface area (Å²) in [6.07, 6.45) is 3.38. The molecule has 2 saturated heterocycles. The van der Waals surface area contributed by atoms with Crippen LogP contribution in [0, 0.1) is 25.7 Å². The Morgan fingerprint density at radius 3 is 1.86 bits per heavy atom. The third-order valence-electron chi connectivity index (χ3n) is 6.20. The first-order valence-electron chi connectivity index (χ1n) is 10.3. The molecule has 10 heteroatoms. The molecule has 1 aromatic heterocycles. The molecule has 3 aliphatic rings. The molecule has 9 nitrogen and oxygen atoms in total. The van der Waals surface area contributed by atoms with Crippen LogP contribution in [0.25, 0.3) is 0 Å². The zero-order valence-corrected chi connectivity index (χ0v) is 17.8. The number of aryl methyl sites for hydroxylation is 2. The fourth-order valence-electron chi connectivity index (χ4n) is 4.31. The van der Waals surface area contributed by atoms with Crippen molar-refractivity contribution >= 4 is 21.8 Å². The number of aromatic nitrogens is 1. The van der Waals surface area contributed by atoms with Crippen molar-refractivity contribution in [1.29, 1.82) is 0 Å². The predicted octanol–water partition coefficient (Wildman–Crippen LogP) is 0.773. The lowest BCUT2D eigenvalue weighted by molar-refractivity contribution is -0.142. The zero-order valence-electron chi connectivity index (χ0n) is 17.0. The second-order valence-electron chi connectivity index (χ2n) is 8.26. The smallest absolute Gasteiger partial charge is 0.248 e. The Hall–Kier alpha value is -1.94. The van der Waals surface area contributed by atoms with Gasteiger partial charge in [-0.1, -0.05) is 5.16 Å². The Morgan fingerprint density at radius 1 is 0.862 bits per heavy atom. The molecule has 1 aromatic rings. The third kappa shape index (κ3) is 3.92. The molecule has 3 fully saturated rings. The normalized spacial score (nSPS) is 22.1. The summed E-state index contributed by atoms with van der Waals surface area (Å²) in [5.41, 5.74) is 0.355. The monoisotopic (exact) mass is 424 g/mol. The maximum absolute atomic E-state index is 12.9. The largest absolute Gasteiger partial charge is 0.360 e. The molecular weight excluding hydrogens is 396 g/mol. The number of hydrogen-bond acceptors (Lipinski definition) is 6. The summed E-state index contributed by atoms with van der Waals surface area (Å²) in [6, 6.07) is 0. The number of likely N-dealkylation sites (tertiary alicyclic amines) is 1. The molecule has 3 heterocycles. The van der Waals surface area contributed by atoms with Crippen LogP contribution in [0.1, 0.15) is 37.1 Å². The highest BCUT2D eigenvalue weighted by Gasteiger charge is 2.38. The van der Waals surface area contributed by atoms with Crippen molar-refractivity contribution < 1.29 is 22.5 Å². The van der Waals surface area contributed by atoms with Gasteiger partial charge in [-0.05, 0) is 39.5 Å². The van der Waals surface area contributed by atoms with Crippen molar-refractivity contribution in [2.75, 3.05) is 39.3 Å². The molecule has 0 unspecified atom stereocenters. The Labute approximate surface area is 171 Å². The predicted molar refractivity (Wildman–Crippen MR) is 103 cm³/mol. The van der Waals surface area contributed by atoms with Crippen LogP contribution >= 0.6 is 0 Å². The molecule has 1 aliphatic carbocycles. The molecule has 0 N–H and O–H groups in total. The number of amides is 2. The standard InChI is InChI=1S/C19H28N4O5S/c1-13-17(14(2)28-20-13)29(26,27)23-11-9-22(10-12-23)19(25)16-5-7-21(8-6-16)18(24)15-3-4-15/h15-16H,3-12H2,1-2H3. The number of sulfonamides is 1. The Balaban J connectivity index is 1.31. The topological polar surface area (TPSA) is 104 Å². The average molecular weight is 425 g/mol. The Bertz CT molecular complexity index is 872. The summed E-state index contributed by atoms with van der Waals surface area (Å²) in [5, 5.41) is 3.74. The lowest BCUT2D eigenvalue weighted by atomic mass is 9.94. The van der Waals surface area contributed by atoms with Crippen molar-refractivity contribution in [3.05, 3.63) is 11.5 Å². The Kier molecular flexibility index (Phi) is 5.41. The number of piperidine rings is 1. The van der Waals surface area contributed by atoms with Gasteiger partial charge in [-0.15, -0.1) is 0 Å². The quantitative estimate of drug-likeness (QED) is 0.707. The van der Waals surface area contributed by atoms with Crippen LogP contribution in [0.3, 0.4) is 0 Å². The van der Waals surface area contributed by atoms with Crippen molar-refractivity contribution in [3.63, 3.8) is 0 Å². The van der Waals surface area contributed by atoms with Gasteiger partial charge in [0.05, 0.1) is 0 Å². The van der Waals surface area contributed by atoms with Crippen molar-refractivity contribution in [2.45, 2.75) is 44.4 Å². The van der Waals surface area contributed by atoms with E-state index in [0.29, 0.717) is 44.7 Å². The van der Waals surface area contributed by atoms with Gasteiger partial charge < -0.3 is 14.3 Å². The van der Waals surface area contributed by atoms with Crippen LogP contribution in [-0.2, 0) is 19.6 Å². The van der Waals surface area contributed by atoms with Crippen LogP contribution in [0.5, 0.6) is 0 Å². The van der Waals surface area contributed by atoms with Gasteiger partial charge in [-0.25, -0.2) is 8.42 Å². The first-order valence-corrected chi connectivity index (χ1v) is 11.7. The molecule has 160 valence electrons. The summed E-state index contributed by atoms with van der Waals surface area (Å²) in [6.45, 7) is 5.77. The molecule has 4 rings (SSSR count). The molecule has 0 radical (unpaired) electrons. The van der Waals surface area contributed by atoms with E-state index in [9.17, 15) is 18.0 Å². The van der Waals surface area contributed by atoms with Crippen molar-refractivity contribution in [2.24, 2.45) is 11.8 Å². The minimum atomic E-state index is -3.68. The van der Waals surface area contributed by atoms with E-state index >= 15 is 0 Å². The van der Waals surface area contributed by atoms with E-state index < -0.39 is 10.0 Å². The van der Waals surface area contributed by atoms with E-state index in [4.69, 9.17) is 4.52 Å². The van der Waals surface area contributed by atoms with E-state index in [1.807, 2.05) is 4.90 Å². The highest BCUT2D eigenvalue weighted by Crippen LogP contribution is 2.33. The lowest BCUT2D eigenvalue weighted by Gasteiger charge is -2.38. The van der Waals surface area contributed by atoms with E-state index in [-0.39, 0.29) is 47.4 Å². The minimum Gasteiger partial charge on any atom is -0.360 e. The average Bonchev–Trinajstić information content (AvgIpc) is 3.51. The van der Waals surface area contributed by atoms with Crippen LogP contribution in [0.2, 0.25) is 0 Å². The number of nitrogens with zero attached hydrogens (tertiary/aromatic N) is 4. The van der Waals surface area contributed by atoms with Crippen LogP contribution < -0.4 is 0 Å². The highest BCUT2D eigenvalue weighted by molar-refractivity contribution is 7.89. The number of carbonyl (C=O) groups excluding carboxylic acids is 2. The van der Waals surface area contributed by atoms with E-state index in [2.05, 4.69) is 5.16 Å². The minimum absolute atomic E-state index is 0.0797. The third-order valence-corrected chi connectivity index (χ3v) is 8.34. The number of hydrogen-bond donors (Lipinski definition) is 0. The first-order chi connectivity index (χ1) is 13.8. The molecule has 0 atom stereocenters. The van der Waals surface area contributed by atoms with Gasteiger partial charge in [0.25, 0.3) is 0 Å². The van der Waals surface area contributed by atoms with E-state index in [1.54, 1.807) is 18.7 Å². The number of piperazine rings is 1. The fourth-order valence-corrected chi connectivity index (χ4v) is 6.03. The SMILES string of the molecule is Cc1noc(C)c1S(=O)(=O)N1CCN(C(=O)C2CCN(C(=O)C3CC3)CC2)CC1. The highest BCUT2D eigenvalue weighted by atomic mass is 32.2. The number of carbonyl (C=O) groups is 2. The summed E-state index contributed by atoms with van der Waals surface area (Å²) < 4.78 is 32.2. The molecule has 2 aliphatic heterocycles. The van der Waals surface area contributed by atoms with Gasteiger partial charge in [0.1, 0.15) is 10.6 Å². The maximum Gasteiger partial charge on any atom is 0.248 e.